The van der Waals surface area contributed by atoms with Crippen LogP contribution in [0.15, 0.2) is 0 Å². The van der Waals surface area contributed by atoms with E-state index in [4.69, 9.17) is 0 Å². The predicted molar refractivity (Wildman–Crippen MR) is 82.6 cm³/mol. The lowest BCUT2D eigenvalue weighted by atomic mass is 9.99. The number of rotatable bonds is 4. The van der Waals surface area contributed by atoms with Crippen LogP contribution in [-0.4, -0.2) is 59.9 Å². The second kappa shape index (κ2) is 6.98. The van der Waals surface area contributed by atoms with Crippen molar-refractivity contribution in [1.82, 2.24) is 9.80 Å². The summed E-state index contributed by atoms with van der Waals surface area (Å²) < 4.78 is 0. The number of thioether (sulfide) groups is 1. The third-order valence-corrected chi connectivity index (χ3v) is 5.93. The molecule has 0 spiro atoms. The lowest BCUT2D eigenvalue weighted by Gasteiger charge is -2.33. The minimum absolute atomic E-state index is 0.335. The molecule has 1 saturated heterocycles. The van der Waals surface area contributed by atoms with Gasteiger partial charge in [-0.05, 0) is 51.3 Å². The Hall–Kier alpha value is -0.220. The molecule has 2 aliphatic rings. The van der Waals surface area contributed by atoms with Crippen molar-refractivity contribution < 1.29 is 4.79 Å². The molecule has 0 bridgehead atoms. The number of hydrogen-bond acceptors (Lipinski definition) is 3. The van der Waals surface area contributed by atoms with Gasteiger partial charge in [0.05, 0.1) is 6.54 Å². The largest absolute Gasteiger partial charge is 0.342 e. The van der Waals surface area contributed by atoms with Crippen LogP contribution < -0.4 is 0 Å². The Bertz CT molecular complexity index is 303. The summed E-state index contributed by atoms with van der Waals surface area (Å²) in [5.41, 5.74) is 0. The summed E-state index contributed by atoms with van der Waals surface area (Å²) in [7, 11) is 2.12. The minimum Gasteiger partial charge on any atom is -0.342 e. The van der Waals surface area contributed by atoms with Crippen molar-refractivity contribution in [1.29, 1.82) is 0 Å². The molecule has 0 unspecified atom stereocenters. The van der Waals surface area contributed by atoms with E-state index in [-0.39, 0.29) is 0 Å². The van der Waals surface area contributed by atoms with Gasteiger partial charge in [0.1, 0.15) is 0 Å². The second-order valence-corrected chi connectivity index (χ2v) is 7.44. The summed E-state index contributed by atoms with van der Waals surface area (Å²) in [5, 5.41) is 0.804. The first-order chi connectivity index (χ1) is 9.10. The second-order valence-electron chi connectivity index (χ2n) is 6.30. The van der Waals surface area contributed by atoms with Gasteiger partial charge in [-0.1, -0.05) is 6.92 Å². The molecule has 19 heavy (non-hydrogen) atoms. The van der Waals surface area contributed by atoms with E-state index >= 15 is 0 Å². The molecule has 3 nitrogen and oxygen atoms in total. The lowest BCUT2D eigenvalue weighted by Crippen LogP contribution is -2.45. The number of piperidine rings is 1. The van der Waals surface area contributed by atoms with Gasteiger partial charge in [-0.25, -0.2) is 0 Å². The number of hydrogen-bond donors (Lipinski definition) is 0. The average Bonchev–Trinajstić information content (AvgIpc) is 2.88. The van der Waals surface area contributed by atoms with E-state index < -0.39 is 0 Å². The van der Waals surface area contributed by atoms with Crippen molar-refractivity contribution in [3.05, 3.63) is 0 Å². The van der Waals surface area contributed by atoms with E-state index in [1.165, 1.54) is 32.1 Å². The van der Waals surface area contributed by atoms with Gasteiger partial charge in [-0.15, -0.1) is 0 Å². The molecule has 0 aromatic heterocycles. The molecule has 0 aromatic carbocycles. The van der Waals surface area contributed by atoms with Crippen LogP contribution >= 0.6 is 11.8 Å². The van der Waals surface area contributed by atoms with Crippen molar-refractivity contribution >= 4 is 17.7 Å². The van der Waals surface area contributed by atoms with Gasteiger partial charge in [0.2, 0.25) is 5.91 Å². The van der Waals surface area contributed by atoms with Crippen LogP contribution in [0.4, 0.5) is 0 Å². The van der Waals surface area contributed by atoms with E-state index in [1.807, 2.05) is 11.8 Å². The van der Waals surface area contributed by atoms with Gasteiger partial charge in [0, 0.05) is 24.4 Å². The fraction of sp³-hybridized carbons (Fsp3) is 0.933. The maximum atomic E-state index is 12.3. The first-order valence-electron chi connectivity index (χ1n) is 7.61. The number of likely N-dealkylation sites (N-methyl/N-ethyl adjacent to an activating group) is 1. The highest BCUT2D eigenvalue weighted by atomic mass is 32.2. The topological polar surface area (TPSA) is 23.6 Å². The zero-order valence-corrected chi connectivity index (χ0v) is 13.4. The van der Waals surface area contributed by atoms with Gasteiger partial charge in [-0.3, -0.25) is 9.69 Å². The van der Waals surface area contributed by atoms with Gasteiger partial charge in [-0.2, -0.15) is 11.8 Å². The first-order valence-corrected chi connectivity index (χ1v) is 8.89. The molecule has 4 heteroatoms. The van der Waals surface area contributed by atoms with Crippen molar-refractivity contribution in [2.24, 2.45) is 5.92 Å². The molecule has 1 amide bonds. The van der Waals surface area contributed by atoms with Gasteiger partial charge < -0.3 is 4.90 Å². The molecule has 2 fully saturated rings. The van der Waals surface area contributed by atoms with Gasteiger partial charge in [0.25, 0.3) is 0 Å². The molecule has 2 atom stereocenters. The Balaban J connectivity index is 1.75. The summed E-state index contributed by atoms with van der Waals surface area (Å²) in [6, 6.07) is 0.616. The van der Waals surface area contributed by atoms with E-state index in [0.29, 0.717) is 18.5 Å². The Morgan fingerprint density at radius 3 is 2.53 bits per heavy atom. The maximum absolute atomic E-state index is 12.3. The normalized spacial score (nSPS) is 29.2. The van der Waals surface area contributed by atoms with Crippen molar-refractivity contribution in [3.8, 4) is 0 Å². The Labute approximate surface area is 122 Å². The van der Waals surface area contributed by atoms with Crippen molar-refractivity contribution in [3.63, 3.8) is 0 Å². The fourth-order valence-electron chi connectivity index (χ4n) is 3.23. The van der Waals surface area contributed by atoms with Crippen LogP contribution in [0.3, 0.4) is 0 Å². The highest BCUT2D eigenvalue weighted by Crippen LogP contribution is 2.30. The summed E-state index contributed by atoms with van der Waals surface area (Å²) in [6.07, 6.45) is 8.37. The summed E-state index contributed by atoms with van der Waals surface area (Å²) in [4.78, 5) is 16.7. The molecule has 1 aliphatic carbocycles. The molecule has 1 saturated carbocycles. The van der Waals surface area contributed by atoms with Gasteiger partial charge >= 0.3 is 0 Å². The number of amides is 1. The van der Waals surface area contributed by atoms with Crippen LogP contribution in [0.25, 0.3) is 0 Å². The maximum Gasteiger partial charge on any atom is 0.236 e. The van der Waals surface area contributed by atoms with Gasteiger partial charge in [0.15, 0.2) is 0 Å². The lowest BCUT2D eigenvalue weighted by molar-refractivity contribution is -0.133. The number of carbonyl (C=O) groups excluding carboxylic acids is 1. The summed E-state index contributed by atoms with van der Waals surface area (Å²) in [6.45, 7) is 4.83. The Morgan fingerprint density at radius 1 is 1.26 bits per heavy atom. The third-order valence-electron chi connectivity index (χ3n) is 4.83. The van der Waals surface area contributed by atoms with Crippen molar-refractivity contribution in [2.45, 2.75) is 50.3 Å². The number of carbonyl (C=O) groups is 1. The monoisotopic (exact) mass is 284 g/mol. The Morgan fingerprint density at radius 2 is 1.95 bits per heavy atom. The quantitative estimate of drug-likeness (QED) is 0.792. The zero-order chi connectivity index (χ0) is 13.8. The van der Waals surface area contributed by atoms with E-state index in [1.54, 1.807) is 0 Å². The van der Waals surface area contributed by atoms with Crippen LogP contribution in [0, 0.1) is 5.92 Å². The predicted octanol–water partition coefficient (Wildman–Crippen LogP) is 2.46. The molecule has 1 heterocycles. The molecule has 110 valence electrons. The van der Waals surface area contributed by atoms with E-state index in [9.17, 15) is 4.79 Å². The SMILES string of the molecule is CS[C@H]1CC[C@@H](N(C)CC(=O)N2CCC(C)CC2)C1. The number of likely N-dealkylation sites (tertiary alicyclic amines) is 1. The molecule has 2 rings (SSSR count). The molecule has 0 aromatic rings. The van der Waals surface area contributed by atoms with Crippen LogP contribution in [0.5, 0.6) is 0 Å². The molecule has 1 aliphatic heterocycles. The average molecular weight is 284 g/mol. The summed E-state index contributed by atoms with van der Waals surface area (Å²) in [5.74, 6) is 1.13. The molecular formula is C15H28N2OS. The van der Waals surface area contributed by atoms with Crippen LogP contribution in [0.1, 0.15) is 39.0 Å². The smallest absolute Gasteiger partial charge is 0.236 e. The molecule has 0 radical (unpaired) electrons. The highest BCUT2D eigenvalue weighted by molar-refractivity contribution is 7.99. The standard InChI is InChI=1S/C15H28N2OS/c1-12-6-8-17(9-7-12)15(18)11-16(2)13-4-5-14(10-13)19-3/h12-14H,4-11H2,1-3H3/t13-,14+/m1/s1. The number of nitrogens with zero attached hydrogens (tertiary/aromatic N) is 2. The third kappa shape index (κ3) is 4.12. The summed E-state index contributed by atoms with van der Waals surface area (Å²) >= 11 is 1.98. The highest BCUT2D eigenvalue weighted by Gasteiger charge is 2.29. The van der Waals surface area contributed by atoms with E-state index in [2.05, 4.69) is 30.0 Å². The fourth-order valence-corrected chi connectivity index (χ4v) is 4.02. The van der Waals surface area contributed by atoms with Crippen molar-refractivity contribution in [2.75, 3.05) is 32.9 Å². The van der Waals surface area contributed by atoms with Crippen LogP contribution in [-0.2, 0) is 4.79 Å². The minimum atomic E-state index is 0.335. The molecular weight excluding hydrogens is 256 g/mol. The van der Waals surface area contributed by atoms with Crippen LogP contribution in [0.2, 0.25) is 0 Å². The molecule has 0 N–H and O–H groups in total. The Kier molecular flexibility index (Phi) is 5.58. The zero-order valence-electron chi connectivity index (χ0n) is 12.6. The van der Waals surface area contributed by atoms with E-state index in [0.717, 1.165) is 24.3 Å². The first kappa shape index (κ1) is 15.2.